The Kier molecular flexibility index (Phi) is 2.03. The highest BCUT2D eigenvalue weighted by Crippen LogP contribution is 2.47. The van der Waals surface area contributed by atoms with Crippen molar-refractivity contribution in [3.05, 3.63) is 48.5 Å². The molecule has 0 aliphatic carbocycles. The maximum Gasteiger partial charge on any atom is 0.0347 e. The maximum absolute atomic E-state index is 3.15. The molecule has 0 bridgehead atoms. The predicted octanol–water partition coefficient (Wildman–Crippen LogP) is 3.90. The Balaban J connectivity index is 2.12. The van der Waals surface area contributed by atoms with Crippen molar-refractivity contribution in [3.63, 3.8) is 0 Å². The highest BCUT2D eigenvalue weighted by atomic mass is 32.2. The minimum atomic E-state index is 1.19. The quantitative estimate of drug-likeness (QED) is 0.556. The highest BCUT2D eigenvalue weighted by Gasteiger charge is 2.15. The fourth-order valence-corrected chi connectivity index (χ4v) is 3.51. The first-order chi connectivity index (χ1) is 6.93. The molecule has 0 aromatic heterocycles. The van der Waals surface area contributed by atoms with Crippen molar-refractivity contribution in [2.75, 3.05) is 0 Å². The van der Waals surface area contributed by atoms with Gasteiger partial charge in [-0.2, -0.15) is 0 Å². The summed E-state index contributed by atoms with van der Waals surface area (Å²) in [7, 11) is 0. The van der Waals surface area contributed by atoms with Crippen LogP contribution in [-0.2, 0) is 0 Å². The maximum atomic E-state index is 3.15. The van der Waals surface area contributed by atoms with E-state index in [1.165, 1.54) is 19.6 Å². The van der Waals surface area contributed by atoms with Crippen LogP contribution in [0.1, 0.15) is 0 Å². The van der Waals surface area contributed by atoms with Gasteiger partial charge >= 0.3 is 0 Å². The van der Waals surface area contributed by atoms with E-state index in [9.17, 15) is 0 Å². The summed E-state index contributed by atoms with van der Waals surface area (Å²) in [4.78, 5) is 5.13. The smallest absolute Gasteiger partial charge is 0.0347 e. The first kappa shape index (κ1) is 8.45. The van der Waals surface area contributed by atoms with Crippen molar-refractivity contribution in [1.29, 1.82) is 0 Å². The van der Waals surface area contributed by atoms with Crippen LogP contribution >= 0.6 is 23.5 Å². The molecule has 0 N–H and O–H groups in total. The standard InChI is InChI=1S/C12H6S2/c1-2-6-10-9(5-1)13-11-7-3-4-8-12(11)14-10/h1-3,5-7H. The molecule has 0 spiro atoms. The van der Waals surface area contributed by atoms with E-state index in [0.717, 1.165) is 0 Å². The average molecular weight is 214 g/mol. The minimum absolute atomic E-state index is 1.19. The summed E-state index contributed by atoms with van der Waals surface area (Å²) in [5.41, 5.74) is 0. The minimum Gasteiger partial charge on any atom is -0.0877 e. The van der Waals surface area contributed by atoms with Gasteiger partial charge in [-0.15, -0.1) is 0 Å². The van der Waals surface area contributed by atoms with Crippen molar-refractivity contribution < 1.29 is 0 Å². The van der Waals surface area contributed by atoms with Gasteiger partial charge in [0.25, 0.3) is 0 Å². The molecule has 0 nitrogen and oxygen atoms in total. The van der Waals surface area contributed by atoms with Crippen molar-refractivity contribution in [2.24, 2.45) is 0 Å². The Morgan fingerprint density at radius 2 is 1.64 bits per heavy atom. The Morgan fingerprint density at radius 3 is 2.50 bits per heavy atom. The summed E-state index contributed by atoms with van der Waals surface area (Å²) in [5.74, 6) is 0. The van der Waals surface area contributed by atoms with Gasteiger partial charge in [-0.3, -0.25) is 0 Å². The van der Waals surface area contributed by atoms with Crippen LogP contribution in [0.15, 0.2) is 56.0 Å². The van der Waals surface area contributed by atoms with E-state index in [4.69, 9.17) is 0 Å². The molecule has 1 heterocycles. The molecule has 2 aromatic rings. The summed E-state index contributed by atoms with van der Waals surface area (Å²) < 4.78 is 0. The summed E-state index contributed by atoms with van der Waals surface area (Å²) in [5, 5.41) is 0. The number of benzene rings is 2. The Labute approximate surface area is 91.7 Å². The van der Waals surface area contributed by atoms with Crippen LogP contribution in [0.5, 0.6) is 0 Å². The molecular formula is C12H6S2. The van der Waals surface area contributed by atoms with Crippen molar-refractivity contribution in [1.82, 2.24) is 0 Å². The van der Waals surface area contributed by atoms with Gasteiger partial charge in [0.05, 0.1) is 0 Å². The SMILES string of the molecule is [c]1[c]c2c(cc1)Sc1ccccc1S2. The number of fused-ring (bicyclic) bond motifs is 2. The van der Waals surface area contributed by atoms with Crippen LogP contribution in [0.25, 0.3) is 0 Å². The van der Waals surface area contributed by atoms with Crippen molar-refractivity contribution in [2.45, 2.75) is 19.6 Å². The lowest BCUT2D eigenvalue weighted by Gasteiger charge is -2.16. The lowest BCUT2D eigenvalue weighted by atomic mass is 10.3. The second-order valence-corrected chi connectivity index (χ2v) is 5.08. The zero-order valence-electron chi connectivity index (χ0n) is 7.28. The first-order valence-electron chi connectivity index (χ1n) is 4.30. The molecule has 1 aliphatic heterocycles. The van der Waals surface area contributed by atoms with E-state index in [0.29, 0.717) is 0 Å². The van der Waals surface area contributed by atoms with Gasteiger partial charge in [0.2, 0.25) is 0 Å². The third kappa shape index (κ3) is 1.35. The Hall–Kier alpha value is -0.860. The van der Waals surface area contributed by atoms with Crippen molar-refractivity contribution in [3.8, 4) is 0 Å². The van der Waals surface area contributed by atoms with E-state index < -0.39 is 0 Å². The van der Waals surface area contributed by atoms with Crippen molar-refractivity contribution >= 4 is 23.5 Å². The van der Waals surface area contributed by atoms with Gasteiger partial charge in [-0.25, -0.2) is 0 Å². The molecule has 66 valence electrons. The van der Waals surface area contributed by atoms with Crippen LogP contribution in [0.4, 0.5) is 0 Å². The second-order valence-electron chi connectivity index (χ2n) is 2.95. The fourth-order valence-electron chi connectivity index (χ4n) is 1.37. The summed E-state index contributed by atoms with van der Waals surface area (Å²) >= 11 is 3.59. The molecule has 14 heavy (non-hydrogen) atoms. The molecule has 0 fully saturated rings. The highest BCUT2D eigenvalue weighted by molar-refractivity contribution is 8.05. The van der Waals surface area contributed by atoms with Gasteiger partial charge in [0.1, 0.15) is 0 Å². The third-order valence-electron chi connectivity index (χ3n) is 2.01. The molecule has 0 unspecified atom stereocenters. The molecule has 3 rings (SSSR count). The molecule has 2 heteroatoms. The molecule has 2 aromatic carbocycles. The zero-order chi connectivity index (χ0) is 9.38. The van der Waals surface area contributed by atoms with Crippen LogP contribution in [0.3, 0.4) is 0 Å². The Morgan fingerprint density at radius 1 is 0.857 bits per heavy atom. The van der Waals surface area contributed by atoms with Crippen LogP contribution in [-0.4, -0.2) is 0 Å². The predicted molar refractivity (Wildman–Crippen MR) is 58.8 cm³/mol. The van der Waals surface area contributed by atoms with Crippen LogP contribution in [0.2, 0.25) is 0 Å². The number of hydrogen-bond acceptors (Lipinski definition) is 2. The van der Waals surface area contributed by atoms with Gasteiger partial charge in [0.15, 0.2) is 0 Å². The average Bonchev–Trinajstić information content (AvgIpc) is 2.26. The lowest BCUT2D eigenvalue weighted by molar-refractivity contribution is 1.15. The number of hydrogen-bond donors (Lipinski definition) is 0. The summed E-state index contributed by atoms with van der Waals surface area (Å²) in [6, 6.07) is 18.6. The molecule has 0 saturated carbocycles. The number of rotatable bonds is 0. The second kappa shape index (κ2) is 3.37. The summed E-state index contributed by atoms with van der Waals surface area (Å²) in [6.07, 6.45) is 0. The molecular weight excluding hydrogens is 208 g/mol. The van der Waals surface area contributed by atoms with Crippen LogP contribution in [0, 0.1) is 12.1 Å². The van der Waals surface area contributed by atoms with E-state index in [-0.39, 0.29) is 0 Å². The normalized spacial score (nSPS) is 13.1. The molecule has 0 saturated heterocycles. The van der Waals surface area contributed by atoms with Gasteiger partial charge < -0.3 is 0 Å². The first-order valence-corrected chi connectivity index (χ1v) is 5.94. The topological polar surface area (TPSA) is 0 Å². The Bertz CT molecular complexity index is 390. The molecule has 2 radical (unpaired) electrons. The van der Waals surface area contributed by atoms with Gasteiger partial charge in [-0.05, 0) is 24.3 Å². The van der Waals surface area contributed by atoms with Gasteiger partial charge in [-0.1, -0.05) is 41.7 Å². The fraction of sp³-hybridized carbons (Fsp3) is 0. The van der Waals surface area contributed by atoms with E-state index >= 15 is 0 Å². The third-order valence-corrected chi connectivity index (χ3v) is 4.51. The summed E-state index contributed by atoms with van der Waals surface area (Å²) in [6.45, 7) is 0. The van der Waals surface area contributed by atoms with E-state index in [1.807, 2.05) is 17.8 Å². The molecule has 0 atom stereocenters. The van der Waals surface area contributed by atoms with Gasteiger partial charge in [0, 0.05) is 25.6 Å². The van der Waals surface area contributed by atoms with E-state index in [1.54, 1.807) is 11.8 Å². The monoisotopic (exact) mass is 214 g/mol. The van der Waals surface area contributed by atoms with Crippen LogP contribution < -0.4 is 0 Å². The lowest BCUT2D eigenvalue weighted by Crippen LogP contribution is -1.88. The zero-order valence-corrected chi connectivity index (χ0v) is 8.91. The largest absolute Gasteiger partial charge is 0.0877 e. The molecule has 0 amide bonds. The van der Waals surface area contributed by atoms with E-state index in [2.05, 4.69) is 42.5 Å². The molecule has 1 aliphatic rings.